The Morgan fingerprint density at radius 1 is 1.17 bits per heavy atom. The second kappa shape index (κ2) is 9.16. The second-order valence-electron chi connectivity index (χ2n) is 9.50. The molecule has 30 heavy (non-hydrogen) atoms. The molecule has 1 aromatic rings. The van der Waals surface area contributed by atoms with E-state index in [4.69, 9.17) is 5.73 Å². The number of anilines is 1. The van der Waals surface area contributed by atoms with Gasteiger partial charge in [-0.05, 0) is 49.8 Å². The summed E-state index contributed by atoms with van der Waals surface area (Å²) in [5.74, 6) is -0.769. The van der Waals surface area contributed by atoms with Crippen LogP contribution in [0.25, 0.3) is 0 Å². The first-order valence-electron chi connectivity index (χ1n) is 10.9. The number of fused-ring (bicyclic) bond motifs is 1. The highest BCUT2D eigenvalue weighted by Gasteiger charge is 2.40. The maximum atomic E-state index is 13.1. The number of nitrogens with two attached hydrogens (primary N) is 1. The van der Waals surface area contributed by atoms with Crippen LogP contribution in [0.1, 0.15) is 68.8 Å². The molecule has 1 atom stereocenters. The van der Waals surface area contributed by atoms with Gasteiger partial charge in [0, 0.05) is 42.9 Å². The van der Waals surface area contributed by atoms with E-state index in [9.17, 15) is 14.4 Å². The van der Waals surface area contributed by atoms with Crippen molar-refractivity contribution >= 4 is 23.4 Å². The molecule has 1 fully saturated rings. The molecule has 0 aliphatic carbocycles. The van der Waals surface area contributed by atoms with Crippen LogP contribution in [-0.2, 0) is 16.1 Å². The van der Waals surface area contributed by atoms with Crippen molar-refractivity contribution in [2.45, 2.75) is 65.5 Å². The Labute approximate surface area is 179 Å². The predicted molar refractivity (Wildman–Crippen MR) is 117 cm³/mol. The SMILES string of the molecule is CC(C)(C)CCN(CCCCN)c1cccc2c1CN(C1CCC(=O)NC1=O)C2=O. The zero-order valence-electron chi connectivity index (χ0n) is 18.4. The summed E-state index contributed by atoms with van der Waals surface area (Å²) in [6, 6.07) is 5.25. The molecule has 0 radical (unpaired) electrons. The Morgan fingerprint density at radius 3 is 2.60 bits per heavy atom. The third kappa shape index (κ3) is 5.01. The fourth-order valence-corrected chi connectivity index (χ4v) is 4.14. The summed E-state index contributed by atoms with van der Waals surface area (Å²) >= 11 is 0. The van der Waals surface area contributed by atoms with Crippen molar-refractivity contribution in [3.05, 3.63) is 29.3 Å². The Balaban J connectivity index is 1.85. The number of nitrogens with zero attached hydrogens (tertiary/aromatic N) is 2. The van der Waals surface area contributed by atoms with E-state index >= 15 is 0 Å². The summed E-state index contributed by atoms with van der Waals surface area (Å²) in [6.45, 7) is 9.55. The molecule has 0 saturated carbocycles. The van der Waals surface area contributed by atoms with Crippen LogP contribution >= 0.6 is 0 Å². The normalized spacial score (nSPS) is 19.1. The predicted octanol–water partition coefficient (Wildman–Crippen LogP) is 2.43. The fourth-order valence-electron chi connectivity index (χ4n) is 4.14. The van der Waals surface area contributed by atoms with Gasteiger partial charge < -0.3 is 15.5 Å². The maximum Gasteiger partial charge on any atom is 0.255 e. The van der Waals surface area contributed by atoms with Crippen LogP contribution in [-0.4, -0.2) is 48.3 Å². The average molecular weight is 415 g/mol. The molecule has 2 aliphatic rings. The summed E-state index contributed by atoms with van der Waals surface area (Å²) in [5, 5.41) is 2.37. The van der Waals surface area contributed by atoms with Crippen molar-refractivity contribution in [2.24, 2.45) is 11.1 Å². The number of rotatable bonds is 8. The molecule has 7 nitrogen and oxygen atoms in total. The van der Waals surface area contributed by atoms with E-state index in [1.165, 1.54) is 0 Å². The smallest absolute Gasteiger partial charge is 0.255 e. The summed E-state index contributed by atoms with van der Waals surface area (Å²) in [6.07, 6.45) is 3.63. The van der Waals surface area contributed by atoms with Crippen LogP contribution in [0.4, 0.5) is 5.69 Å². The van der Waals surface area contributed by atoms with Crippen molar-refractivity contribution in [2.75, 3.05) is 24.5 Å². The zero-order valence-corrected chi connectivity index (χ0v) is 18.4. The van der Waals surface area contributed by atoms with Crippen LogP contribution in [0.2, 0.25) is 0 Å². The molecule has 1 unspecified atom stereocenters. The van der Waals surface area contributed by atoms with E-state index in [-0.39, 0.29) is 29.6 Å². The third-order valence-electron chi connectivity index (χ3n) is 5.91. The van der Waals surface area contributed by atoms with Crippen molar-refractivity contribution in [1.82, 2.24) is 10.2 Å². The zero-order chi connectivity index (χ0) is 21.9. The van der Waals surface area contributed by atoms with Crippen molar-refractivity contribution < 1.29 is 14.4 Å². The summed E-state index contributed by atoms with van der Waals surface area (Å²) in [4.78, 5) is 40.9. The minimum atomic E-state index is -0.587. The minimum absolute atomic E-state index is 0.126. The fraction of sp³-hybridized carbons (Fsp3) is 0.609. The standard InChI is InChI=1S/C23H34N4O3/c1-23(2,3)11-14-26(13-5-4-12-24)18-8-6-7-16-17(18)15-27(22(16)30)19-9-10-20(28)25-21(19)29/h6-8,19H,4-5,9-15,24H2,1-3H3,(H,25,28,29). The molecule has 7 heteroatoms. The Hall–Kier alpha value is -2.41. The molecule has 0 bridgehead atoms. The van der Waals surface area contributed by atoms with Gasteiger partial charge in [-0.1, -0.05) is 26.8 Å². The van der Waals surface area contributed by atoms with Gasteiger partial charge >= 0.3 is 0 Å². The molecule has 2 heterocycles. The van der Waals surface area contributed by atoms with E-state index in [0.717, 1.165) is 43.6 Å². The number of hydrogen-bond acceptors (Lipinski definition) is 5. The van der Waals surface area contributed by atoms with Crippen LogP contribution in [0, 0.1) is 5.41 Å². The minimum Gasteiger partial charge on any atom is -0.371 e. The van der Waals surface area contributed by atoms with Gasteiger partial charge in [0.2, 0.25) is 11.8 Å². The van der Waals surface area contributed by atoms with Gasteiger partial charge in [0.05, 0.1) is 0 Å². The highest BCUT2D eigenvalue weighted by atomic mass is 16.2. The molecule has 3 N–H and O–H groups in total. The molecule has 0 spiro atoms. The first-order chi connectivity index (χ1) is 14.2. The first-order valence-corrected chi connectivity index (χ1v) is 10.9. The van der Waals surface area contributed by atoms with Crippen molar-refractivity contribution in [3.63, 3.8) is 0 Å². The van der Waals surface area contributed by atoms with Crippen LogP contribution < -0.4 is 16.0 Å². The molecule has 1 saturated heterocycles. The van der Waals surface area contributed by atoms with Crippen LogP contribution in [0.15, 0.2) is 18.2 Å². The van der Waals surface area contributed by atoms with Gasteiger partial charge in [0.1, 0.15) is 6.04 Å². The number of benzene rings is 1. The number of amides is 3. The average Bonchev–Trinajstić information content (AvgIpc) is 3.01. The van der Waals surface area contributed by atoms with Crippen LogP contribution in [0.3, 0.4) is 0 Å². The van der Waals surface area contributed by atoms with Crippen molar-refractivity contribution in [1.29, 1.82) is 0 Å². The highest BCUT2D eigenvalue weighted by Crippen LogP contribution is 2.35. The van der Waals surface area contributed by atoms with E-state index < -0.39 is 6.04 Å². The summed E-state index contributed by atoms with van der Waals surface area (Å²) < 4.78 is 0. The lowest BCUT2D eigenvalue weighted by molar-refractivity contribution is -0.136. The van der Waals surface area contributed by atoms with Gasteiger partial charge in [-0.25, -0.2) is 0 Å². The lowest BCUT2D eigenvalue weighted by atomic mass is 9.92. The maximum absolute atomic E-state index is 13.1. The van der Waals surface area contributed by atoms with Gasteiger partial charge in [0.15, 0.2) is 0 Å². The molecule has 0 aromatic heterocycles. The molecule has 2 aliphatic heterocycles. The number of nitrogens with one attached hydrogen (secondary N) is 1. The number of unbranched alkanes of at least 4 members (excludes halogenated alkanes) is 1. The third-order valence-corrected chi connectivity index (χ3v) is 5.91. The molecule has 164 valence electrons. The second-order valence-corrected chi connectivity index (χ2v) is 9.50. The lowest BCUT2D eigenvalue weighted by Gasteiger charge is -2.31. The van der Waals surface area contributed by atoms with E-state index in [2.05, 4.69) is 37.1 Å². The quantitative estimate of drug-likeness (QED) is 0.503. The highest BCUT2D eigenvalue weighted by molar-refractivity contribution is 6.06. The van der Waals surface area contributed by atoms with Gasteiger partial charge in [-0.3, -0.25) is 19.7 Å². The Bertz CT molecular complexity index is 815. The molecule has 3 rings (SSSR count). The Morgan fingerprint density at radius 2 is 1.93 bits per heavy atom. The van der Waals surface area contributed by atoms with Gasteiger partial charge in [0.25, 0.3) is 5.91 Å². The number of hydrogen-bond donors (Lipinski definition) is 2. The van der Waals surface area contributed by atoms with Crippen molar-refractivity contribution in [3.8, 4) is 0 Å². The van der Waals surface area contributed by atoms with Gasteiger partial charge in [-0.2, -0.15) is 0 Å². The molecule has 1 aromatic carbocycles. The number of carbonyl (C=O) groups is 3. The first kappa shape index (κ1) is 22.3. The molecular formula is C23H34N4O3. The van der Waals surface area contributed by atoms with E-state index in [1.807, 2.05) is 12.1 Å². The summed E-state index contributed by atoms with van der Waals surface area (Å²) in [7, 11) is 0. The molecule has 3 amide bonds. The number of imide groups is 1. The lowest BCUT2D eigenvalue weighted by Crippen LogP contribution is -2.52. The van der Waals surface area contributed by atoms with E-state index in [0.29, 0.717) is 25.1 Å². The number of carbonyl (C=O) groups excluding carboxylic acids is 3. The largest absolute Gasteiger partial charge is 0.371 e. The number of piperidine rings is 1. The van der Waals surface area contributed by atoms with Crippen LogP contribution in [0.5, 0.6) is 0 Å². The topological polar surface area (TPSA) is 95.7 Å². The molecular weight excluding hydrogens is 380 g/mol. The Kier molecular flexibility index (Phi) is 6.81. The summed E-state index contributed by atoms with van der Waals surface area (Å²) in [5.41, 5.74) is 8.61. The van der Waals surface area contributed by atoms with E-state index in [1.54, 1.807) is 4.90 Å². The van der Waals surface area contributed by atoms with Gasteiger partial charge in [-0.15, -0.1) is 0 Å². The monoisotopic (exact) mass is 414 g/mol.